The van der Waals surface area contributed by atoms with Crippen LogP contribution in [0, 0.1) is 3.57 Å². The van der Waals surface area contributed by atoms with Crippen LogP contribution in [0.3, 0.4) is 0 Å². The van der Waals surface area contributed by atoms with Crippen LogP contribution in [-0.4, -0.2) is 5.91 Å². The summed E-state index contributed by atoms with van der Waals surface area (Å²) >= 11 is 3.80. The Morgan fingerprint density at radius 1 is 1.24 bits per heavy atom. The van der Waals surface area contributed by atoms with E-state index in [-0.39, 0.29) is 5.91 Å². The van der Waals surface area contributed by atoms with Crippen LogP contribution in [0.25, 0.3) is 6.08 Å². The number of para-hydroxylation sites is 1. The van der Waals surface area contributed by atoms with Crippen molar-refractivity contribution in [1.82, 2.24) is 0 Å². The number of carbonyl (C=O) groups is 1. The highest BCUT2D eigenvalue weighted by molar-refractivity contribution is 14.1. The van der Waals surface area contributed by atoms with E-state index in [2.05, 4.69) is 27.9 Å². The average molecular weight is 355 g/mol. The van der Waals surface area contributed by atoms with E-state index in [1.807, 2.05) is 47.9 Å². The minimum atomic E-state index is -0.109. The van der Waals surface area contributed by atoms with E-state index in [1.165, 1.54) is 0 Å². The van der Waals surface area contributed by atoms with Crippen molar-refractivity contribution in [3.05, 3.63) is 56.3 Å². The number of hydrogen-bond acceptors (Lipinski definition) is 2. The summed E-state index contributed by atoms with van der Waals surface area (Å²) in [5.41, 5.74) is 0.842. The monoisotopic (exact) mass is 355 g/mol. The minimum absolute atomic E-state index is 0.109. The molecule has 1 aromatic carbocycles. The Kier molecular flexibility index (Phi) is 4.33. The summed E-state index contributed by atoms with van der Waals surface area (Å²) in [5.74, 6) is -0.109. The number of benzene rings is 1. The van der Waals surface area contributed by atoms with Gasteiger partial charge in [-0.15, -0.1) is 11.3 Å². The molecule has 0 bridgehead atoms. The van der Waals surface area contributed by atoms with Crippen molar-refractivity contribution in [3.63, 3.8) is 0 Å². The SMILES string of the molecule is O=C(/C=C/c1cccs1)Nc1ccccc1I. The first-order valence-corrected chi connectivity index (χ1v) is 6.98. The number of carbonyl (C=O) groups excluding carboxylic acids is 1. The molecule has 1 amide bonds. The number of hydrogen-bond donors (Lipinski definition) is 1. The van der Waals surface area contributed by atoms with Gasteiger partial charge in [0.15, 0.2) is 0 Å². The molecule has 0 aliphatic rings. The first kappa shape index (κ1) is 12.3. The van der Waals surface area contributed by atoms with Crippen molar-refractivity contribution >= 4 is 51.6 Å². The molecule has 17 heavy (non-hydrogen) atoms. The highest BCUT2D eigenvalue weighted by Crippen LogP contribution is 2.17. The molecule has 0 saturated carbocycles. The molecule has 0 radical (unpaired) electrons. The van der Waals surface area contributed by atoms with Crippen molar-refractivity contribution in [2.24, 2.45) is 0 Å². The first-order chi connectivity index (χ1) is 8.25. The molecule has 0 saturated heterocycles. The second kappa shape index (κ2) is 5.97. The van der Waals surface area contributed by atoms with Gasteiger partial charge in [-0.1, -0.05) is 18.2 Å². The third kappa shape index (κ3) is 3.67. The van der Waals surface area contributed by atoms with E-state index in [1.54, 1.807) is 17.4 Å². The van der Waals surface area contributed by atoms with Gasteiger partial charge in [0.05, 0.1) is 5.69 Å². The lowest BCUT2D eigenvalue weighted by Crippen LogP contribution is -2.08. The molecule has 1 heterocycles. The van der Waals surface area contributed by atoms with E-state index < -0.39 is 0 Å². The predicted molar refractivity (Wildman–Crippen MR) is 81.1 cm³/mol. The van der Waals surface area contributed by atoms with Gasteiger partial charge in [0.1, 0.15) is 0 Å². The van der Waals surface area contributed by atoms with Crippen LogP contribution in [-0.2, 0) is 4.79 Å². The summed E-state index contributed by atoms with van der Waals surface area (Å²) in [4.78, 5) is 12.7. The van der Waals surface area contributed by atoms with Crippen LogP contribution in [0.5, 0.6) is 0 Å². The van der Waals surface area contributed by atoms with Crippen molar-refractivity contribution in [2.75, 3.05) is 5.32 Å². The molecule has 86 valence electrons. The zero-order valence-corrected chi connectivity index (χ0v) is 11.9. The summed E-state index contributed by atoms with van der Waals surface area (Å²) in [7, 11) is 0. The second-order valence-electron chi connectivity index (χ2n) is 3.32. The van der Waals surface area contributed by atoms with Gasteiger partial charge in [-0.05, 0) is 52.2 Å². The van der Waals surface area contributed by atoms with Crippen molar-refractivity contribution in [3.8, 4) is 0 Å². The third-order valence-electron chi connectivity index (χ3n) is 2.07. The molecule has 2 rings (SSSR count). The molecule has 1 aromatic heterocycles. The maximum absolute atomic E-state index is 11.7. The molecule has 4 heteroatoms. The largest absolute Gasteiger partial charge is 0.322 e. The lowest BCUT2D eigenvalue weighted by atomic mass is 10.3. The van der Waals surface area contributed by atoms with Gasteiger partial charge in [-0.3, -0.25) is 4.79 Å². The van der Waals surface area contributed by atoms with Crippen molar-refractivity contribution < 1.29 is 4.79 Å². The Hall–Kier alpha value is -1.14. The number of amides is 1. The van der Waals surface area contributed by atoms with Gasteiger partial charge < -0.3 is 5.32 Å². The van der Waals surface area contributed by atoms with E-state index in [0.717, 1.165) is 14.1 Å². The quantitative estimate of drug-likeness (QED) is 0.654. The van der Waals surface area contributed by atoms with Crippen LogP contribution in [0.15, 0.2) is 47.9 Å². The lowest BCUT2D eigenvalue weighted by molar-refractivity contribution is -0.111. The van der Waals surface area contributed by atoms with E-state index in [4.69, 9.17) is 0 Å². The molecule has 2 nitrogen and oxygen atoms in total. The van der Waals surface area contributed by atoms with Crippen molar-refractivity contribution in [1.29, 1.82) is 0 Å². The van der Waals surface area contributed by atoms with Gasteiger partial charge in [-0.2, -0.15) is 0 Å². The fourth-order valence-electron chi connectivity index (χ4n) is 1.28. The zero-order chi connectivity index (χ0) is 12.1. The highest BCUT2D eigenvalue weighted by atomic mass is 127. The Bertz CT molecular complexity index is 534. The van der Waals surface area contributed by atoms with Gasteiger partial charge in [0.25, 0.3) is 0 Å². The number of rotatable bonds is 3. The molecular weight excluding hydrogens is 345 g/mol. The molecule has 0 atom stereocenters. The predicted octanol–water partition coefficient (Wildman–Crippen LogP) is 4.00. The van der Waals surface area contributed by atoms with Crippen LogP contribution in [0.4, 0.5) is 5.69 Å². The lowest BCUT2D eigenvalue weighted by Gasteiger charge is -2.03. The van der Waals surface area contributed by atoms with Gasteiger partial charge >= 0.3 is 0 Å². The molecule has 0 fully saturated rings. The Morgan fingerprint density at radius 3 is 2.76 bits per heavy atom. The van der Waals surface area contributed by atoms with Crippen molar-refractivity contribution in [2.45, 2.75) is 0 Å². The summed E-state index contributed by atoms with van der Waals surface area (Å²) < 4.78 is 1.03. The van der Waals surface area contributed by atoms with E-state index in [9.17, 15) is 4.79 Å². The summed E-state index contributed by atoms with van der Waals surface area (Å²) in [6.45, 7) is 0. The van der Waals surface area contributed by atoms with Crippen LogP contribution in [0.1, 0.15) is 4.88 Å². The zero-order valence-electron chi connectivity index (χ0n) is 8.89. The summed E-state index contributed by atoms with van der Waals surface area (Å²) in [6.07, 6.45) is 3.37. The fourth-order valence-corrected chi connectivity index (χ4v) is 2.42. The molecular formula is C13H10INOS. The van der Waals surface area contributed by atoms with E-state index in [0.29, 0.717) is 0 Å². The smallest absolute Gasteiger partial charge is 0.248 e. The number of anilines is 1. The Morgan fingerprint density at radius 2 is 2.06 bits per heavy atom. The molecule has 0 unspecified atom stereocenters. The molecule has 0 aliphatic heterocycles. The number of halogens is 1. The van der Waals surface area contributed by atoms with Crippen LogP contribution >= 0.6 is 33.9 Å². The van der Waals surface area contributed by atoms with E-state index >= 15 is 0 Å². The normalized spacial score (nSPS) is 10.6. The van der Waals surface area contributed by atoms with Gasteiger partial charge in [0.2, 0.25) is 5.91 Å². The highest BCUT2D eigenvalue weighted by Gasteiger charge is 2.01. The molecule has 0 aliphatic carbocycles. The topological polar surface area (TPSA) is 29.1 Å². The average Bonchev–Trinajstić information content (AvgIpc) is 2.82. The molecule has 2 aromatic rings. The number of thiophene rings is 1. The number of nitrogens with one attached hydrogen (secondary N) is 1. The van der Waals surface area contributed by atoms with Crippen LogP contribution < -0.4 is 5.32 Å². The fraction of sp³-hybridized carbons (Fsp3) is 0. The minimum Gasteiger partial charge on any atom is -0.322 e. The Labute approximate surface area is 118 Å². The van der Waals surface area contributed by atoms with Gasteiger partial charge in [-0.25, -0.2) is 0 Å². The Balaban J connectivity index is 2.01. The second-order valence-corrected chi connectivity index (χ2v) is 5.46. The molecule has 1 N–H and O–H groups in total. The van der Waals surface area contributed by atoms with Crippen LogP contribution in [0.2, 0.25) is 0 Å². The standard InChI is InChI=1S/C13H10INOS/c14-11-5-1-2-6-12(11)15-13(16)8-7-10-4-3-9-17-10/h1-9H,(H,15,16)/b8-7+. The van der Waals surface area contributed by atoms with Gasteiger partial charge in [0, 0.05) is 14.5 Å². The summed E-state index contributed by atoms with van der Waals surface area (Å²) in [6, 6.07) is 11.6. The summed E-state index contributed by atoms with van der Waals surface area (Å²) in [5, 5.41) is 4.83. The maximum atomic E-state index is 11.7. The third-order valence-corrected chi connectivity index (χ3v) is 3.85. The maximum Gasteiger partial charge on any atom is 0.248 e. The first-order valence-electron chi connectivity index (χ1n) is 5.03. The molecule has 0 spiro atoms.